The van der Waals surface area contributed by atoms with Gasteiger partial charge in [0.15, 0.2) is 0 Å². The number of hydrogen-bond donors (Lipinski definition) is 2. The third-order valence-corrected chi connectivity index (χ3v) is 2.71. The average molecular weight is 296 g/mol. The Morgan fingerprint density at radius 1 is 1.14 bits per heavy atom. The van der Waals surface area contributed by atoms with E-state index in [9.17, 15) is 18.0 Å². The lowest BCUT2D eigenvalue weighted by atomic mass is 10.1. The Labute approximate surface area is 118 Å². The average Bonchev–Trinajstić information content (AvgIpc) is 2.45. The van der Waals surface area contributed by atoms with Gasteiger partial charge in [0.25, 0.3) is 0 Å². The fourth-order valence-electron chi connectivity index (χ4n) is 1.65. The van der Waals surface area contributed by atoms with Crippen LogP contribution in [0.15, 0.2) is 42.5 Å². The van der Waals surface area contributed by atoms with E-state index in [1.54, 1.807) is 12.1 Å². The highest BCUT2D eigenvalue weighted by atomic mass is 19.4. The van der Waals surface area contributed by atoms with Crippen molar-refractivity contribution in [3.63, 3.8) is 0 Å². The standard InChI is InChI=1S/C14H11F3N2O2/c15-14(16,17)11-2-1-3-12(19-11)18-8-9-4-6-10(7-5-9)13(20)21/h1-7H,8H2,(H,18,19)(H,20,21). The molecule has 0 aliphatic rings. The quantitative estimate of drug-likeness (QED) is 0.907. The minimum Gasteiger partial charge on any atom is -0.478 e. The molecule has 0 atom stereocenters. The van der Waals surface area contributed by atoms with Crippen LogP contribution in [0, 0.1) is 0 Å². The summed E-state index contributed by atoms with van der Waals surface area (Å²) in [6.07, 6.45) is -4.49. The highest BCUT2D eigenvalue weighted by Gasteiger charge is 2.32. The minimum atomic E-state index is -4.49. The van der Waals surface area contributed by atoms with Crippen LogP contribution in [-0.2, 0) is 12.7 Å². The largest absolute Gasteiger partial charge is 0.478 e. The number of carboxylic acid groups (broad SMARTS) is 1. The van der Waals surface area contributed by atoms with Crippen LogP contribution in [0.1, 0.15) is 21.6 Å². The zero-order valence-electron chi connectivity index (χ0n) is 10.7. The molecule has 0 radical (unpaired) electrons. The topological polar surface area (TPSA) is 62.2 Å². The molecule has 0 aliphatic heterocycles. The van der Waals surface area contributed by atoms with Crippen molar-refractivity contribution in [3.05, 3.63) is 59.3 Å². The first-order chi connectivity index (χ1) is 9.86. The highest BCUT2D eigenvalue weighted by molar-refractivity contribution is 5.87. The van der Waals surface area contributed by atoms with Gasteiger partial charge in [0.05, 0.1) is 5.56 Å². The van der Waals surface area contributed by atoms with Gasteiger partial charge in [-0.2, -0.15) is 13.2 Å². The number of nitrogens with one attached hydrogen (secondary N) is 1. The van der Waals surface area contributed by atoms with Crippen molar-refractivity contribution in [2.24, 2.45) is 0 Å². The number of rotatable bonds is 4. The first-order valence-electron chi connectivity index (χ1n) is 5.96. The number of pyridine rings is 1. The number of carboxylic acids is 1. The molecular weight excluding hydrogens is 285 g/mol. The van der Waals surface area contributed by atoms with Crippen molar-refractivity contribution in [1.82, 2.24) is 4.98 Å². The molecule has 0 bridgehead atoms. The molecule has 0 fully saturated rings. The molecule has 0 saturated heterocycles. The van der Waals surface area contributed by atoms with Crippen molar-refractivity contribution in [3.8, 4) is 0 Å². The van der Waals surface area contributed by atoms with Gasteiger partial charge in [-0.3, -0.25) is 0 Å². The second-order valence-corrected chi connectivity index (χ2v) is 4.26. The van der Waals surface area contributed by atoms with Gasteiger partial charge in [-0.05, 0) is 29.8 Å². The first kappa shape index (κ1) is 14.8. The predicted octanol–water partition coefficient (Wildman–Crippen LogP) is 3.41. The Morgan fingerprint density at radius 2 is 1.81 bits per heavy atom. The summed E-state index contributed by atoms with van der Waals surface area (Å²) in [6.45, 7) is 0.244. The molecule has 1 heterocycles. The van der Waals surface area contributed by atoms with Crippen LogP contribution in [-0.4, -0.2) is 16.1 Å². The number of alkyl halides is 3. The molecular formula is C14H11F3N2O2. The van der Waals surface area contributed by atoms with Gasteiger partial charge in [-0.15, -0.1) is 0 Å². The van der Waals surface area contributed by atoms with Crippen LogP contribution in [0.25, 0.3) is 0 Å². The van der Waals surface area contributed by atoms with Gasteiger partial charge in [-0.1, -0.05) is 18.2 Å². The molecule has 21 heavy (non-hydrogen) atoms. The van der Waals surface area contributed by atoms with Gasteiger partial charge in [0, 0.05) is 6.54 Å². The number of benzene rings is 1. The molecule has 2 aromatic rings. The van der Waals surface area contributed by atoms with E-state index in [2.05, 4.69) is 10.3 Å². The predicted molar refractivity (Wildman–Crippen MR) is 70.0 cm³/mol. The zero-order chi connectivity index (χ0) is 15.5. The summed E-state index contributed by atoms with van der Waals surface area (Å²) in [4.78, 5) is 14.2. The monoisotopic (exact) mass is 296 g/mol. The third kappa shape index (κ3) is 3.95. The van der Waals surface area contributed by atoms with E-state index in [4.69, 9.17) is 5.11 Å². The summed E-state index contributed by atoms with van der Waals surface area (Å²) >= 11 is 0. The second kappa shape index (κ2) is 5.82. The molecule has 1 aromatic heterocycles. The number of nitrogens with zero attached hydrogens (tertiary/aromatic N) is 1. The Hall–Kier alpha value is -2.57. The van der Waals surface area contributed by atoms with E-state index < -0.39 is 17.8 Å². The molecule has 0 spiro atoms. The van der Waals surface area contributed by atoms with Crippen molar-refractivity contribution in [2.45, 2.75) is 12.7 Å². The molecule has 0 unspecified atom stereocenters. The third-order valence-electron chi connectivity index (χ3n) is 2.71. The highest BCUT2D eigenvalue weighted by Crippen LogP contribution is 2.28. The molecule has 0 amide bonds. The fraction of sp³-hybridized carbons (Fsp3) is 0.143. The number of halogens is 3. The number of aromatic nitrogens is 1. The Bertz CT molecular complexity index is 639. The Kier molecular flexibility index (Phi) is 4.11. The first-order valence-corrected chi connectivity index (χ1v) is 5.96. The summed E-state index contributed by atoms with van der Waals surface area (Å²) < 4.78 is 37.5. The van der Waals surface area contributed by atoms with E-state index in [1.165, 1.54) is 24.3 Å². The van der Waals surface area contributed by atoms with Gasteiger partial charge in [0.1, 0.15) is 11.5 Å². The molecule has 7 heteroatoms. The van der Waals surface area contributed by atoms with Crippen molar-refractivity contribution >= 4 is 11.8 Å². The number of hydrogen-bond acceptors (Lipinski definition) is 3. The minimum absolute atomic E-state index is 0.104. The molecule has 0 saturated carbocycles. The Morgan fingerprint density at radius 3 is 2.38 bits per heavy atom. The fourth-order valence-corrected chi connectivity index (χ4v) is 1.65. The van der Waals surface area contributed by atoms with E-state index in [0.717, 1.165) is 11.6 Å². The van der Waals surface area contributed by atoms with E-state index in [1.807, 2.05) is 0 Å². The number of aromatic carboxylic acids is 1. The van der Waals surface area contributed by atoms with E-state index in [-0.39, 0.29) is 17.9 Å². The second-order valence-electron chi connectivity index (χ2n) is 4.26. The molecule has 4 nitrogen and oxygen atoms in total. The normalized spacial score (nSPS) is 11.2. The van der Waals surface area contributed by atoms with Gasteiger partial charge >= 0.3 is 12.1 Å². The van der Waals surface area contributed by atoms with Crippen LogP contribution >= 0.6 is 0 Å². The zero-order valence-corrected chi connectivity index (χ0v) is 10.7. The van der Waals surface area contributed by atoms with E-state index >= 15 is 0 Å². The number of anilines is 1. The summed E-state index contributed by atoms with van der Waals surface area (Å²) in [5.74, 6) is -0.929. The lowest BCUT2D eigenvalue weighted by Gasteiger charge is -2.09. The molecule has 1 aromatic carbocycles. The molecule has 110 valence electrons. The lowest BCUT2D eigenvalue weighted by Crippen LogP contribution is -2.10. The summed E-state index contributed by atoms with van der Waals surface area (Å²) in [5.41, 5.74) is -0.0797. The van der Waals surface area contributed by atoms with Crippen LogP contribution in [0.4, 0.5) is 19.0 Å². The molecule has 2 N–H and O–H groups in total. The van der Waals surface area contributed by atoms with Crippen molar-refractivity contribution < 1.29 is 23.1 Å². The summed E-state index contributed by atoms with van der Waals surface area (Å²) in [7, 11) is 0. The Balaban J connectivity index is 2.04. The lowest BCUT2D eigenvalue weighted by molar-refractivity contribution is -0.141. The van der Waals surface area contributed by atoms with E-state index in [0.29, 0.717) is 0 Å². The SMILES string of the molecule is O=C(O)c1ccc(CNc2cccc(C(F)(F)F)n2)cc1. The van der Waals surface area contributed by atoms with Crippen LogP contribution in [0.5, 0.6) is 0 Å². The molecule has 0 aliphatic carbocycles. The van der Waals surface area contributed by atoms with Crippen LogP contribution in [0.3, 0.4) is 0 Å². The van der Waals surface area contributed by atoms with Crippen molar-refractivity contribution in [2.75, 3.05) is 5.32 Å². The maximum atomic E-state index is 12.5. The summed E-state index contributed by atoms with van der Waals surface area (Å²) in [6, 6.07) is 9.63. The summed E-state index contributed by atoms with van der Waals surface area (Å²) in [5, 5.41) is 11.5. The molecule has 2 rings (SSSR count). The van der Waals surface area contributed by atoms with Gasteiger partial charge in [0.2, 0.25) is 0 Å². The van der Waals surface area contributed by atoms with Crippen LogP contribution < -0.4 is 5.32 Å². The van der Waals surface area contributed by atoms with Crippen LogP contribution in [0.2, 0.25) is 0 Å². The van der Waals surface area contributed by atoms with Crippen molar-refractivity contribution in [1.29, 1.82) is 0 Å². The van der Waals surface area contributed by atoms with Gasteiger partial charge in [-0.25, -0.2) is 9.78 Å². The smallest absolute Gasteiger partial charge is 0.433 e. The van der Waals surface area contributed by atoms with Gasteiger partial charge < -0.3 is 10.4 Å². The maximum Gasteiger partial charge on any atom is 0.433 e. The number of carbonyl (C=O) groups is 1. The maximum absolute atomic E-state index is 12.5.